The van der Waals surface area contributed by atoms with E-state index in [0.29, 0.717) is 16.8 Å². The van der Waals surface area contributed by atoms with Gasteiger partial charge < -0.3 is 5.32 Å². The number of carbonyl (C=O) groups is 1. The monoisotopic (exact) mass is 421 g/mol. The Kier molecular flexibility index (Phi) is 5.73. The standard InChI is InChI=1S/C21H19N5OS2/c1-3-12-26-19(15-10-8-14(2)9-11-15)24-25-21(26)28-13-18(27)23-20-22-16-6-4-5-7-17(16)29-20/h3-11H,1,12-13H2,2H3,(H,22,23,27). The molecule has 0 bridgehead atoms. The summed E-state index contributed by atoms with van der Waals surface area (Å²) in [5.74, 6) is 0.858. The number of amides is 1. The lowest BCUT2D eigenvalue weighted by molar-refractivity contribution is -0.113. The molecule has 0 aliphatic heterocycles. The van der Waals surface area contributed by atoms with Gasteiger partial charge in [0.25, 0.3) is 0 Å². The fraction of sp³-hybridized carbons (Fsp3) is 0.143. The van der Waals surface area contributed by atoms with Crippen molar-refractivity contribution in [3.63, 3.8) is 0 Å². The summed E-state index contributed by atoms with van der Waals surface area (Å²) in [6.45, 7) is 6.44. The van der Waals surface area contributed by atoms with E-state index in [-0.39, 0.29) is 11.7 Å². The van der Waals surface area contributed by atoms with E-state index < -0.39 is 0 Å². The van der Waals surface area contributed by atoms with Crippen LogP contribution in [0.1, 0.15) is 5.56 Å². The molecule has 0 unspecified atom stereocenters. The zero-order valence-electron chi connectivity index (χ0n) is 15.8. The Labute approximate surface area is 176 Å². The number of nitrogens with zero attached hydrogens (tertiary/aromatic N) is 4. The van der Waals surface area contributed by atoms with E-state index in [0.717, 1.165) is 21.6 Å². The molecule has 1 N–H and O–H groups in total. The third-order valence-electron chi connectivity index (χ3n) is 4.21. The van der Waals surface area contributed by atoms with E-state index in [1.807, 2.05) is 60.0 Å². The molecule has 1 amide bonds. The quantitative estimate of drug-likeness (QED) is 0.343. The molecule has 2 heterocycles. The number of benzene rings is 2. The minimum Gasteiger partial charge on any atom is -0.301 e. The molecule has 0 fully saturated rings. The van der Waals surface area contributed by atoms with Gasteiger partial charge in [0.05, 0.1) is 16.0 Å². The maximum absolute atomic E-state index is 12.4. The van der Waals surface area contributed by atoms with Crippen molar-refractivity contribution < 1.29 is 4.79 Å². The van der Waals surface area contributed by atoms with E-state index >= 15 is 0 Å². The molecule has 0 saturated heterocycles. The van der Waals surface area contributed by atoms with Crippen LogP contribution in [0.3, 0.4) is 0 Å². The van der Waals surface area contributed by atoms with Gasteiger partial charge in [-0.25, -0.2) is 4.98 Å². The Morgan fingerprint density at radius 3 is 2.76 bits per heavy atom. The zero-order valence-corrected chi connectivity index (χ0v) is 17.5. The summed E-state index contributed by atoms with van der Waals surface area (Å²) in [4.78, 5) is 16.8. The highest BCUT2D eigenvalue weighted by molar-refractivity contribution is 7.99. The maximum atomic E-state index is 12.4. The molecule has 29 heavy (non-hydrogen) atoms. The van der Waals surface area contributed by atoms with E-state index in [1.165, 1.54) is 28.7 Å². The fourth-order valence-electron chi connectivity index (χ4n) is 2.82. The first-order chi connectivity index (χ1) is 14.1. The summed E-state index contributed by atoms with van der Waals surface area (Å²) in [5, 5.41) is 12.8. The minimum atomic E-state index is -0.126. The number of fused-ring (bicyclic) bond motifs is 1. The summed E-state index contributed by atoms with van der Waals surface area (Å²) in [6, 6.07) is 15.9. The van der Waals surface area contributed by atoms with Gasteiger partial charge in [0.2, 0.25) is 5.91 Å². The number of nitrogens with one attached hydrogen (secondary N) is 1. The molecule has 146 valence electrons. The van der Waals surface area contributed by atoms with Crippen LogP contribution in [-0.2, 0) is 11.3 Å². The van der Waals surface area contributed by atoms with Crippen LogP contribution in [0.25, 0.3) is 21.6 Å². The molecule has 6 nitrogen and oxygen atoms in total. The SMILES string of the molecule is C=CCn1c(SCC(=O)Nc2nc3ccccc3s2)nnc1-c1ccc(C)cc1. The molecule has 2 aromatic heterocycles. The lowest BCUT2D eigenvalue weighted by Gasteiger charge is -2.08. The number of thioether (sulfide) groups is 1. The van der Waals surface area contributed by atoms with Gasteiger partial charge in [0.15, 0.2) is 16.1 Å². The van der Waals surface area contributed by atoms with Crippen LogP contribution in [-0.4, -0.2) is 31.4 Å². The average Bonchev–Trinajstić information content (AvgIpc) is 3.31. The van der Waals surface area contributed by atoms with E-state index in [4.69, 9.17) is 0 Å². The van der Waals surface area contributed by atoms with Crippen molar-refractivity contribution in [3.05, 3.63) is 66.7 Å². The first-order valence-corrected chi connectivity index (χ1v) is 10.8. The van der Waals surface area contributed by atoms with Crippen LogP contribution in [0.4, 0.5) is 5.13 Å². The molecular formula is C21H19N5OS2. The normalized spacial score (nSPS) is 10.9. The first kappa shape index (κ1) is 19.4. The van der Waals surface area contributed by atoms with Gasteiger partial charge >= 0.3 is 0 Å². The Morgan fingerprint density at radius 1 is 1.21 bits per heavy atom. The van der Waals surface area contributed by atoms with E-state index in [2.05, 4.69) is 27.1 Å². The van der Waals surface area contributed by atoms with Gasteiger partial charge in [-0.2, -0.15) is 0 Å². The van der Waals surface area contributed by atoms with Crippen LogP contribution in [0.5, 0.6) is 0 Å². The number of allylic oxidation sites excluding steroid dienone is 1. The van der Waals surface area contributed by atoms with Gasteiger partial charge in [-0.15, -0.1) is 16.8 Å². The highest BCUT2D eigenvalue weighted by Crippen LogP contribution is 2.27. The number of aryl methyl sites for hydroxylation is 1. The second-order valence-corrected chi connectivity index (χ2v) is 8.37. The number of hydrogen-bond acceptors (Lipinski definition) is 6. The molecule has 0 saturated carbocycles. The Balaban J connectivity index is 1.46. The maximum Gasteiger partial charge on any atom is 0.236 e. The number of aromatic nitrogens is 4. The number of rotatable bonds is 7. The molecule has 8 heteroatoms. The summed E-state index contributed by atoms with van der Waals surface area (Å²) < 4.78 is 3.01. The summed E-state index contributed by atoms with van der Waals surface area (Å²) in [7, 11) is 0. The van der Waals surface area contributed by atoms with Crippen molar-refractivity contribution in [1.82, 2.24) is 19.7 Å². The number of para-hydroxylation sites is 1. The lowest BCUT2D eigenvalue weighted by atomic mass is 10.1. The summed E-state index contributed by atoms with van der Waals surface area (Å²) >= 11 is 2.81. The van der Waals surface area contributed by atoms with Crippen molar-refractivity contribution in [2.75, 3.05) is 11.1 Å². The molecule has 0 aliphatic rings. The van der Waals surface area contributed by atoms with Gasteiger partial charge in [0, 0.05) is 12.1 Å². The van der Waals surface area contributed by atoms with Crippen molar-refractivity contribution >= 4 is 44.4 Å². The van der Waals surface area contributed by atoms with Crippen LogP contribution in [0.15, 0.2) is 66.3 Å². The molecule has 4 rings (SSSR count). The Hall–Kier alpha value is -2.97. The summed E-state index contributed by atoms with van der Waals surface area (Å²) in [5.41, 5.74) is 3.05. The molecule has 0 radical (unpaired) electrons. The lowest BCUT2D eigenvalue weighted by Crippen LogP contribution is -2.14. The van der Waals surface area contributed by atoms with Crippen molar-refractivity contribution in [2.24, 2.45) is 0 Å². The summed E-state index contributed by atoms with van der Waals surface area (Å²) in [6.07, 6.45) is 1.80. The third-order valence-corrected chi connectivity index (χ3v) is 6.13. The van der Waals surface area contributed by atoms with Crippen molar-refractivity contribution in [2.45, 2.75) is 18.6 Å². The topological polar surface area (TPSA) is 72.7 Å². The van der Waals surface area contributed by atoms with Gasteiger partial charge in [-0.1, -0.05) is 71.1 Å². The second-order valence-electron chi connectivity index (χ2n) is 6.40. The Bertz CT molecular complexity index is 1130. The van der Waals surface area contributed by atoms with Crippen LogP contribution >= 0.6 is 23.1 Å². The smallest absolute Gasteiger partial charge is 0.236 e. The number of thiazole rings is 1. The number of anilines is 1. The average molecular weight is 422 g/mol. The first-order valence-electron chi connectivity index (χ1n) is 9.03. The molecular weight excluding hydrogens is 402 g/mol. The van der Waals surface area contributed by atoms with Gasteiger partial charge in [-0.05, 0) is 19.1 Å². The van der Waals surface area contributed by atoms with Crippen LogP contribution < -0.4 is 5.32 Å². The predicted octanol–water partition coefficient (Wildman–Crippen LogP) is 4.78. The molecule has 0 aliphatic carbocycles. The van der Waals surface area contributed by atoms with Gasteiger partial charge in [-0.3, -0.25) is 9.36 Å². The second kappa shape index (κ2) is 8.59. The highest BCUT2D eigenvalue weighted by atomic mass is 32.2. The number of hydrogen-bond donors (Lipinski definition) is 1. The predicted molar refractivity (Wildman–Crippen MR) is 119 cm³/mol. The van der Waals surface area contributed by atoms with Crippen molar-refractivity contribution in [3.8, 4) is 11.4 Å². The molecule has 0 atom stereocenters. The van der Waals surface area contributed by atoms with E-state index in [9.17, 15) is 4.79 Å². The largest absolute Gasteiger partial charge is 0.301 e. The van der Waals surface area contributed by atoms with Crippen molar-refractivity contribution in [1.29, 1.82) is 0 Å². The van der Waals surface area contributed by atoms with E-state index in [1.54, 1.807) is 6.08 Å². The number of carbonyl (C=O) groups excluding carboxylic acids is 1. The van der Waals surface area contributed by atoms with Crippen LogP contribution in [0, 0.1) is 6.92 Å². The molecule has 2 aromatic carbocycles. The van der Waals surface area contributed by atoms with Crippen LogP contribution in [0.2, 0.25) is 0 Å². The zero-order chi connectivity index (χ0) is 20.2. The Morgan fingerprint density at radius 2 is 2.00 bits per heavy atom. The fourth-order valence-corrected chi connectivity index (χ4v) is 4.45. The third kappa shape index (κ3) is 4.38. The van der Waals surface area contributed by atoms with Gasteiger partial charge in [0.1, 0.15) is 0 Å². The highest BCUT2D eigenvalue weighted by Gasteiger charge is 2.15. The molecule has 4 aromatic rings. The minimum absolute atomic E-state index is 0.126. The molecule has 0 spiro atoms.